The lowest BCUT2D eigenvalue weighted by Crippen LogP contribution is -2.56. The van der Waals surface area contributed by atoms with E-state index >= 15 is 0 Å². The SMILES string of the molecule is O=C1NCCN(Cc2cccc(C(F)(F)F)c2)[C@@H]1CC(=O)N1CCCC1. The quantitative estimate of drug-likeness (QED) is 0.884. The molecule has 2 aliphatic rings. The van der Waals surface area contributed by atoms with Crippen molar-refractivity contribution in [2.24, 2.45) is 0 Å². The van der Waals surface area contributed by atoms with Crippen LogP contribution in [0.1, 0.15) is 30.4 Å². The molecule has 0 aromatic heterocycles. The lowest BCUT2D eigenvalue weighted by atomic mass is 10.0. The number of alkyl halides is 3. The molecule has 0 spiro atoms. The molecular weight excluding hydrogens is 347 g/mol. The summed E-state index contributed by atoms with van der Waals surface area (Å²) in [6.07, 6.45) is -2.40. The molecule has 0 bridgehead atoms. The van der Waals surface area contributed by atoms with Crippen molar-refractivity contribution in [3.05, 3.63) is 35.4 Å². The molecule has 2 saturated heterocycles. The minimum atomic E-state index is -4.40. The highest BCUT2D eigenvalue weighted by Crippen LogP contribution is 2.30. The fraction of sp³-hybridized carbons (Fsp3) is 0.556. The van der Waals surface area contributed by atoms with E-state index in [0.717, 1.165) is 25.0 Å². The third-order valence-electron chi connectivity index (χ3n) is 4.91. The van der Waals surface area contributed by atoms with Crippen LogP contribution in [0.15, 0.2) is 24.3 Å². The number of hydrogen-bond acceptors (Lipinski definition) is 3. The zero-order valence-corrected chi connectivity index (χ0v) is 14.4. The van der Waals surface area contributed by atoms with Crippen molar-refractivity contribution in [2.75, 3.05) is 26.2 Å². The molecule has 0 unspecified atom stereocenters. The molecule has 1 atom stereocenters. The molecule has 2 amide bonds. The molecule has 2 aliphatic heterocycles. The van der Waals surface area contributed by atoms with Crippen LogP contribution in [0.25, 0.3) is 0 Å². The summed E-state index contributed by atoms with van der Waals surface area (Å²) < 4.78 is 38.7. The fourth-order valence-electron chi connectivity index (χ4n) is 3.51. The Kier molecular flexibility index (Phi) is 5.50. The van der Waals surface area contributed by atoms with Gasteiger partial charge in [-0.2, -0.15) is 13.2 Å². The number of carbonyl (C=O) groups is 2. The molecule has 2 heterocycles. The molecule has 1 N–H and O–H groups in total. The smallest absolute Gasteiger partial charge is 0.353 e. The van der Waals surface area contributed by atoms with Gasteiger partial charge in [-0.25, -0.2) is 0 Å². The predicted molar refractivity (Wildman–Crippen MR) is 89.1 cm³/mol. The van der Waals surface area contributed by atoms with Crippen molar-refractivity contribution in [2.45, 2.75) is 38.0 Å². The molecule has 1 aromatic rings. The number of nitrogens with one attached hydrogen (secondary N) is 1. The summed E-state index contributed by atoms with van der Waals surface area (Å²) in [7, 11) is 0. The highest BCUT2D eigenvalue weighted by molar-refractivity contribution is 5.88. The van der Waals surface area contributed by atoms with E-state index in [1.165, 1.54) is 6.07 Å². The van der Waals surface area contributed by atoms with Crippen LogP contribution in [-0.2, 0) is 22.3 Å². The molecule has 2 fully saturated rings. The van der Waals surface area contributed by atoms with E-state index in [4.69, 9.17) is 0 Å². The van der Waals surface area contributed by atoms with Crippen molar-refractivity contribution in [3.63, 3.8) is 0 Å². The highest BCUT2D eigenvalue weighted by Gasteiger charge is 2.34. The summed E-state index contributed by atoms with van der Waals surface area (Å²) in [4.78, 5) is 28.2. The van der Waals surface area contributed by atoms with Gasteiger partial charge in [0.1, 0.15) is 0 Å². The summed E-state index contributed by atoms with van der Waals surface area (Å²) >= 11 is 0. The average molecular weight is 369 g/mol. The summed E-state index contributed by atoms with van der Waals surface area (Å²) in [5.41, 5.74) is -0.227. The molecule has 142 valence electrons. The van der Waals surface area contributed by atoms with E-state index in [9.17, 15) is 22.8 Å². The first-order chi connectivity index (χ1) is 12.3. The largest absolute Gasteiger partial charge is 0.416 e. The van der Waals surface area contributed by atoms with Crippen LogP contribution in [0.3, 0.4) is 0 Å². The number of hydrogen-bond donors (Lipinski definition) is 1. The minimum absolute atomic E-state index is 0.0603. The second-order valence-electron chi connectivity index (χ2n) is 6.77. The van der Waals surface area contributed by atoms with Crippen LogP contribution in [0.2, 0.25) is 0 Å². The van der Waals surface area contributed by atoms with E-state index in [-0.39, 0.29) is 24.8 Å². The van der Waals surface area contributed by atoms with Gasteiger partial charge >= 0.3 is 6.18 Å². The molecule has 0 radical (unpaired) electrons. The first kappa shape index (κ1) is 18.7. The lowest BCUT2D eigenvalue weighted by molar-refractivity contribution is -0.138. The number of amides is 2. The Balaban J connectivity index is 1.72. The molecule has 0 aliphatic carbocycles. The maximum atomic E-state index is 12.9. The van der Waals surface area contributed by atoms with Crippen molar-refractivity contribution in [3.8, 4) is 0 Å². The molecule has 1 aromatic carbocycles. The third-order valence-corrected chi connectivity index (χ3v) is 4.91. The number of likely N-dealkylation sites (tertiary alicyclic amines) is 1. The van der Waals surface area contributed by atoms with E-state index in [0.29, 0.717) is 31.7 Å². The Morgan fingerprint density at radius 1 is 1.19 bits per heavy atom. The van der Waals surface area contributed by atoms with Crippen LogP contribution in [0.5, 0.6) is 0 Å². The predicted octanol–water partition coefficient (Wildman–Crippen LogP) is 2.02. The van der Waals surface area contributed by atoms with E-state index in [1.807, 2.05) is 0 Å². The van der Waals surface area contributed by atoms with E-state index in [1.54, 1.807) is 15.9 Å². The minimum Gasteiger partial charge on any atom is -0.353 e. The normalized spacial score (nSPS) is 21.7. The topological polar surface area (TPSA) is 52.7 Å². The van der Waals surface area contributed by atoms with Crippen molar-refractivity contribution in [1.82, 2.24) is 15.1 Å². The van der Waals surface area contributed by atoms with Gasteiger partial charge in [0.2, 0.25) is 11.8 Å². The zero-order valence-electron chi connectivity index (χ0n) is 14.4. The maximum Gasteiger partial charge on any atom is 0.416 e. The van der Waals surface area contributed by atoms with Gasteiger partial charge in [-0.1, -0.05) is 18.2 Å². The first-order valence-electron chi connectivity index (χ1n) is 8.80. The van der Waals surface area contributed by atoms with Crippen LogP contribution in [0, 0.1) is 0 Å². The third kappa shape index (κ3) is 4.35. The molecule has 8 heteroatoms. The Morgan fingerprint density at radius 2 is 1.92 bits per heavy atom. The van der Waals surface area contributed by atoms with Gasteiger partial charge in [0, 0.05) is 32.7 Å². The molecule has 26 heavy (non-hydrogen) atoms. The Labute approximate surface area is 150 Å². The van der Waals surface area contributed by atoms with Crippen LogP contribution < -0.4 is 5.32 Å². The van der Waals surface area contributed by atoms with E-state index in [2.05, 4.69) is 5.32 Å². The lowest BCUT2D eigenvalue weighted by Gasteiger charge is -2.35. The van der Waals surface area contributed by atoms with Gasteiger partial charge in [0.25, 0.3) is 0 Å². The van der Waals surface area contributed by atoms with Gasteiger partial charge < -0.3 is 10.2 Å². The van der Waals surface area contributed by atoms with Gasteiger partial charge in [-0.3, -0.25) is 14.5 Å². The zero-order chi connectivity index (χ0) is 18.7. The van der Waals surface area contributed by atoms with Crippen molar-refractivity contribution in [1.29, 1.82) is 0 Å². The van der Waals surface area contributed by atoms with Crippen molar-refractivity contribution >= 4 is 11.8 Å². The Hall–Kier alpha value is -2.09. The standard InChI is InChI=1S/C18H22F3N3O2/c19-18(20,21)14-5-3-4-13(10-14)12-24-9-6-22-17(26)15(24)11-16(25)23-7-1-2-8-23/h3-5,10,15H,1-2,6-9,11-12H2,(H,22,26)/t15-/m1/s1. The summed E-state index contributed by atoms with van der Waals surface area (Å²) in [5, 5.41) is 2.75. The van der Waals surface area contributed by atoms with Gasteiger partial charge in [-0.05, 0) is 24.5 Å². The first-order valence-corrected chi connectivity index (χ1v) is 8.80. The maximum absolute atomic E-state index is 12.9. The number of carbonyl (C=O) groups excluding carboxylic acids is 2. The second-order valence-corrected chi connectivity index (χ2v) is 6.77. The van der Waals surface area contributed by atoms with Crippen molar-refractivity contribution < 1.29 is 22.8 Å². The van der Waals surface area contributed by atoms with E-state index < -0.39 is 17.8 Å². The number of nitrogens with zero attached hydrogens (tertiary/aromatic N) is 2. The van der Waals surface area contributed by atoms with Crippen LogP contribution >= 0.6 is 0 Å². The average Bonchev–Trinajstić information content (AvgIpc) is 3.12. The second kappa shape index (κ2) is 7.65. The summed E-state index contributed by atoms with van der Waals surface area (Å²) in [6.45, 7) is 2.54. The van der Waals surface area contributed by atoms with Crippen LogP contribution in [-0.4, -0.2) is 53.8 Å². The Bertz CT molecular complexity index is 672. The fourth-order valence-corrected chi connectivity index (χ4v) is 3.51. The number of halogens is 3. The Morgan fingerprint density at radius 3 is 2.62 bits per heavy atom. The van der Waals surface area contributed by atoms with Gasteiger partial charge in [0.05, 0.1) is 18.0 Å². The summed E-state index contributed by atoms with van der Waals surface area (Å²) in [5.74, 6) is -0.311. The number of piperazine rings is 1. The van der Waals surface area contributed by atoms with Gasteiger partial charge in [0.15, 0.2) is 0 Å². The molecule has 0 saturated carbocycles. The van der Waals surface area contributed by atoms with Crippen LogP contribution in [0.4, 0.5) is 13.2 Å². The molecular formula is C18H22F3N3O2. The van der Waals surface area contributed by atoms with Gasteiger partial charge in [-0.15, -0.1) is 0 Å². The molecule has 3 rings (SSSR count). The molecule has 5 nitrogen and oxygen atoms in total. The highest BCUT2D eigenvalue weighted by atomic mass is 19.4. The summed E-state index contributed by atoms with van der Waals surface area (Å²) in [6, 6.07) is 4.46. The monoisotopic (exact) mass is 369 g/mol. The number of rotatable bonds is 4. The number of benzene rings is 1.